The van der Waals surface area contributed by atoms with Gasteiger partial charge < -0.3 is 48.5 Å². The summed E-state index contributed by atoms with van der Waals surface area (Å²) in [6.07, 6.45) is 5.14. The van der Waals surface area contributed by atoms with Gasteiger partial charge in [-0.15, -0.1) is 0 Å². The number of phenols is 1. The van der Waals surface area contributed by atoms with Gasteiger partial charge in [0.1, 0.15) is 29.0 Å². The molecule has 7 bridgehead atoms. The van der Waals surface area contributed by atoms with Crippen molar-refractivity contribution >= 4 is 29.2 Å². The third-order valence-electron chi connectivity index (χ3n) is 12.4. The molecule has 6 aliphatic rings. The van der Waals surface area contributed by atoms with Crippen molar-refractivity contribution in [3.63, 3.8) is 0 Å². The molecule has 0 aromatic heterocycles. The first-order chi connectivity index (χ1) is 28.5. The topological polar surface area (TPSA) is 185 Å². The Kier molecular flexibility index (Phi) is 12.8. The van der Waals surface area contributed by atoms with Crippen LogP contribution in [0.15, 0.2) is 47.5 Å². The van der Waals surface area contributed by atoms with E-state index in [0.717, 1.165) is 0 Å². The number of rotatable bonds is 3. The second kappa shape index (κ2) is 17.1. The largest absolute Gasteiger partial charge is 0.507 e. The molecule has 7 rings (SSSR count). The molecule has 1 aromatic carbocycles. The van der Waals surface area contributed by atoms with Crippen LogP contribution in [-0.2, 0) is 38.0 Å². The maximum atomic E-state index is 15.0. The Balaban J connectivity index is 1.52. The number of Topliss-reactive ketones (excluding diaryl/α,β-unsaturated/α-hetero) is 3. The highest BCUT2D eigenvalue weighted by molar-refractivity contribution is 6.32. The summed E-state index contributed by atoms with van der Waals surface area (Å²) in [6, 6.07) is 0. The number of amides is 1. The first-order valence-electron chi connectivity index (χ1n) is 21.0. The number of morpholine rings is 1. The second-order valence-corrected chi connectivity index (χ2v) is 17.8. The first-order valence-corrected chi connectivity index (χ1v) is 21.0. The van der Waals surface area contributed by atoms with Gasteiger partial charge in [0, 0.05) is 68.9 Å². The Labute approximate surface area is 357 Å². The lowest BCUT2D eigenvalue weighted by Gasteiger charge is -2.50. The molecule has 5 aliphatic heterocycles. The standard InChI is InChI=1S/C46H60N2O13/c1-21-15-14-16-22(2)44(54)47-34-35(48-19-23(3)57-24(4)20-48)38(52)31-32(37(34)51)36(50)26(6)42-33(31)43(53)46(12,61-42)56-18-17-30(55-13)25(5)40(58-29(9)49)28(8)41-27(7)39(21)59-45(10,11)60-41/h14-18,21,23-25,27-28,30,39-41,50H,19-20H2,1-13H3,(H,47,54)/b15-14?,18-17-,22-16-/t21-,23?,24?,25+,27+,28+,30-,39-,40+,41-,46-/m0/s1. The number of nitrogens with zero attached hydrogens (tertiary/aromatic N) is 1. The van der Waals surface area contributed by atoms with Gasteiger partial charge in [0.05, 0.1) is 53.5 Å². The lowest BCUT2D eigenvalue weighted by Crippen LogP contribution is -2.56. The highest BCUT2D eigenvalue weighted by Gasteiger charge is 2.54. The number of allylic oxidation sites excluding steroid dienone is 4. The maximum Gasteiger partial charge on any atom is 0.312 e. The minimum absolute atomic E-state index is 0.0265. The average Bonchev–Trinajstić information content (AvgIpc) is 3.44. The van der Waals surface area contributed by atoms with Gasteiger partial charge in [0.15, 0.2) is 5.79 Å². The summed E-state index contributed by atoms with van der Waals surface area (Å²) in [6.45, 7) is 21.3. The third-order valence-corrected chi connectivity index (χ3v) is 12.4. The molecule has 2 unspecified atom stereocenters. The number of benzene rings is 1. The van der Waals surface area contributed by atoms with E-state index in [-0.39, 0.29) is 88.6 Å². The van der Waals surface area contributed by atoms with E-state index in [0.29, 0.717) is 0 Å². The zero-order valence-corrected chi connectivity index (χ0v) is 37.4. The average molecular weight is 849 g/mol. The molecule has 61 heavy (non-hydrogen) atoms. The Morgan fingerprint density at radius 3 is 2.13 bits per heavy atom. The summed E-state index contributed by atoms with van der Waals surface area (Å²) < 4.78 is 43.1. The highest BCUT2D eigenvalue weighted by Crippen LogP contribution is 2.49. The monoisotopic (exact) mass is 848 g/mol. The van der Waals surface area contributed by atoms with Crippen LogP contribution in [0.1, 0.15) is 113 Å². The number of methoxy groups -OCH3 is 1. The lowest BCUT2D eigenvalue weighted by molar-refractivity contribution is -0.336. The predicted octanol–water partition coefficient (Wildman–Crippen LogP) is 5.87. The number of hydrogen-bond donors (Lipinski definition) is 2. The number of ketones is 3. The van der Waals surface area contributed by atoms with E-state index < -0.39 is 76.3 Å². The van der Waals surface area contributed by atoms with E-state index in [1.807, 2.05) is 61.5 Å². The Bertz CT molecular complexity index is 2110. The van der Waals surface area contributed by atoms with Gasteiger partial charge in [0.25, 0.3) is 11.7 Å². The van der Waals surface area contributed by atoms with Crippen molar-refractivity contribution in [3.8, 4) is 11.5 Å². The van der Waals surface area contributed by atoms with Crippen LogP contribution in [-0.4, -0.2) is 108 Å². The maximum absolute atomic E-state index is 15.0. The Morgan fingerprint density at radius 2 is 1.51 bits per heavy atom. The zero-order chi connectivity index (χ0) is 45.0. The van der Waals surface area contributed by atoms with Crippen LogP contribution in [0.4, 0.5) is 0 Å². The SMILES string of the molecule is CO[C@H]1/C=C\O[C@@]2(C)Oc3c(C)c(O)c4c(c3C2=O)C(=O)C(N2CC(C)OC(C)C2)=C(NC(=O)/C(C)=C\C=C[C@H](C)[C@@H]2OC(C)(C)O[C@H]([C@H](C)[C@H](OC(C)=O)[C@@H]1C)[C@@H]2C)C4=O. The van der Waals surface area contributed by atoms with Crippen LogP contribution < -0.4 is 10.1 Å². The molecule has 1 amide bonds. The number of hydrogen-bond acceptors (Lipinski definition) is 14. The zero-order valence-electron chi connectivity index (χ0n) is 37.4. The lowest BCUT2D eigenvalue weighted by atomic mass is 9.77. The van der Waals surface area contributed by atoms with E-state index in [1.54, 1.807) is 30.1 Å². The van der Waals surface area contributed by atoms with Crippen molar-refractivity contribution < 1.29 is 62.2 Å². The van der Waals surface area contributed by atoms with Crippen molar-refractivity contribution in [1.82, 2.24) is 10.2 Å². The minimum Gasteiger partial charge on any atom is -0.507 e. The molecule has 15 heteroatoms. The van der Waals surface area contributed by atoms with Crippen LogP contribution >= 0.6 is 0 Å². The number of carbonyl (C=O) groups excluding carboxylic acids is 5. The molecular formula is C46H60N2O13. The molecule has 1 aliphatic carbocycles. The molecule has 5 heterocycles. The number of nitrogens with one attached hydrogen (secondary N) is 1. The fourth-order valence-corrected chi connectivity index (χ4v) is 9.42. The number of carbonyl (C=O) groups is 5. The summed E-state index contributed by atoms with van der Waals surface area (Å²) in [4.78, 5) is 72.5. The van der Waals surface area contributed by atoms with Crippen molar-refractivity contribution in [2.24, 2.45) is 23.7 Å². The molecule has 1 aromatic rings. The van der Waals surface area contributed by atoms with Crippen LogP contribution in [0, 0.1) is 30.6 Å². The Morgan fingerprint density at radius 1 is 0.869 bits per heavy atom. The van der Waals surface area contributed by atoms with E-state index in [4.69, 9.17) is 33.2 Å². The van der Waals surface area contributed by atoms with Gasteiger partial charge >= 0.3 is 11.8 Å². The van der Waals surface area contributed by atoms with E-state index in [2.05, 4.69) is 5.32 Å². The minimum atomic E-state index is -2.05. The second-order valence-electron chi connectivity index (χ2n) is 17.8. The fraction of sp³-hybridized carbons (Fsp3) is 0.587. The van der Waals surface area contributed by atoms with Gasteiger partial charge in [0.2, 0.25) is 11.6 Å². The molecular weight excluding hydrogens is 789 g/mol. The van der Waals surface area contributed by atoms with Gasteiger partial charge in [-0.25, -0.2) is 0 Å². The van der Waals surface area contributed by atoms with Crippen LogP contribution in [0.3, 0.4) is 0 Å². The fourth-order valence-electron chi connectivity index (χ4n) is 9.42. The van der Waals surface area contributed by atoms with Gasteiger partial charge in [-0.3, -0.25) is 24.0 Å². The third kappa shape index (κ3) is 8.54. The number of ether oxygens (including phenoxy) is 7. The molecule has 0 spiro atoms. The smallest absolute Gasteiger partial charge is 0.312 e. The van der Waals surface area contributed by atoms with Crippen molar-refractivity contribution in [1.29, 1.82) is 0 Å². The molecule has 2 saturated heterocycles. The first kappa shape index (κ1) is 45.7. The highest BCUT2D eigenvalue weighted by atomic mass is 16.7. The molecule has 15 nitrogen and oxygen atoms in total. The van der Waals surface area contributed by atoms with Crippen molar-refractivity contribution in [2.45, 2.75) is 131 Å². The summed E-state index contributed by atoms with van der Waals surface area (Å²) in [5, 5.41) is 14.3. The quantitative estimate of drug-likeness (QED) is 0.345. The van der Waals surface area contributed by atoms with Gasteiger partial charge in [-0.05, 0) is 47.6 Å². The Hall–Kier alpha value is -4.83. The molecule has 332 valence electrons. The van der Waals surface area contributed by atoms with Crippen molar-refractivity contribution in [3.05, 3.63) is 69.8 Å². The van der Waals surface area contributed by atoms with E-state index in [9.17, 15) is 29.1 Å². The van der Waals surface area contributed by atoms with E-state index in [1.165, 1.54) is 34.1 Å². The molecule has 2 fully saturated rings. The summed E-state index contributed by atoms with van der Waals surface area (Å²) in [5.74, 6) is -8.50. The van der Waals surface area contributed by atoms with Gasteiger partial charge in [-0.2, -0.15) is 0 Å². The number of fused-ring (bicyclic) bond motifs is 10. The van der Waals surface area contributed by atoms with Crippen LogP contribution in [0.25, 0.3) is 0 Å². The predicted molar refractivity (Wildman–Crippen MR) is 222 cm³/mol. The number of phenolic OH excluding ortho intramolecular Hbond substituents is 1. The number of esters is 1. The molecule has 0 radical (unpaired) electrons. The summed E-state index contributed by atoms with van der Waals surface area (Å²) >= 11 is 0. The molecule has 11 atom stereocenters. The molecule has 0 saturated carbocycles. The molecule has 2 N–H and O–H groups in total. The van der Waals surface area contributed by atoms with Gasteiger partial charge in [-0.1, -0.05) is 45.9 Å². The van der Waals surface area contributed by atoms with Crippen molar-refractivity contribution in [2.75, 3.05) is 20.2 Å². The summed E-state index contributed by atoms with van der Waals surface area (Å²) in [5.41, 5.74) is -1.23. The van der Waals surface area contributed by atoms with Crippen LogP contribution in [0.5, 0.6) is 11.5 Å². The normalized spacial score (nSPS) is 35.8. The number of aromatic hydroxyl groups is 1. The summed E-state index contributed by atoms with van der Waals surface area (Å²) in [7, 11) is 1.50. The van der Waals surface area contributed by atoms with Crippen LogP contribution in [0.2, 0.25) is 0 Å². The van der Waals surface area contributed by atoms with E-state index >= 15 is 0 Å².